The molecule has 0 aliphatic carbocycles. The zero-order chi connectivity index (χ0) is 12.1. The second kappa shape index (κ2) is 6.72. The van der Waals surface area contributed by atoms with E-state index >= 15 is 0 Å². The SMILES string of the molecule is CCNCC(C)N1CCC(N2CCCCC2)C1. The quantitative estimate of drug-likeness (QED) is 0.785. The Morgan fingerprint density at radius 3 is 2.65 bits per heavy atom. The van der Waals surface area contributed by atoms with Crippen molar-refractivity contribution < 1.29 is 0 Å². The van der Waals surface area contributed by atoms with Crippen LogP contribution in [0.2, 0.25) is 0 Å². The van der Waals surface area contributed by atoms with E-state index in [0.29, 0.717) is 6.04 Å². The molecule has 0 spiro atoms. The van der Waals surface area contributed by atoms with Gasteiger partial charge >= 0.3 is 0 Å². The number of rotatable bonds is 5. The van der Waals surface area contributed by atoms with Crippen LogP contribution in [0.15, 0.2) is 0 Å². The molecule has 0 aromatic rings. The lowest BCUT2D eigenvalue weighted by Crippen LogP contribution is -2.44. The molecule has 0 radical (unpaired) electrons. The van der Waals surface area contributed by atoms with E-state index in [1.54, 1.807) is 0 Å². The molecule has 2 heterocycles. The summed E-state index contributed by atoms with van der Waals surface area (Å²) in [5, 5.41) is 3.46. The van der Waals surface area contributed by atoms with Gasteiger partial charge in [0, 0.05) is 31.7 Å². The average molecular weight is 239 g/mol. The Bertz CT molecular complexity index is 214. The highest BCUT2D eigenvalue weighted by Crippen LogP contribution is 2.21. The molecule has 2 saturated heterocycles. The van der Waals surface area contributed by atoms with Gasteiger partial charge in [-0.1, -0.05) is 13.3 Å². The summed E-state index contributed by atoms with van der Waals surface area (Å²) >= 11 is 0. The first-order valence-corrected chi connectivity index (χ1v) is 7.50. The fourth-order valence-corrected chi connectivity index (χ4v) is 3.23. The molecule has 0 bridgehead atoms. The topological polar surface area (TPSA) is 18.5 Å². The third kappa shape index (κ3) is 3.67. The Hall–Kier alpha value is -0.120. The summed E-state index contributed by atoms with van der Waals surface area (Å²) in [6, 6.07) is 1.55. The highest BCUT2D eigenvalue weighted by molar-refractivity contribution is 4.87. The molecule has 2 atom stereocenters. The van der Waals surface area contributed by atoms with Crippen LogP contribution in [-0.2, 0) is 0 Å². The smallest absolute Gasteiger partial charge is 0.0235 e. The van der Waals surface area contributed by atoms with Crippen molar-refractivity contribution in [3.8, 4) is 0 Å². The fraction of sp³-hybridized carbons (Fsp3) is 1.00. The van der Waals surface area contributed by atoms with E-state index in [-0.39, 0.29) is 0 Å². The van der Waals surface area contributed by atoms with Gasteiger partial charge in [-0.05, 0) is 45.8 Å². The molecule has 3 nitrogen and oxygen atoms in total. The van der Waals surface area contributed by atoms with Crippen LogP contribution in [-0.4, -0.2) is 61.2 Å². The number of hydrogen-bond acceptors (Lipinski definition) is 3. The molecule has 17 heavy (non-hydrogen) atoms. The molecule has 0 aromatic carbocycles. The molecule has 0 saturated carbocycles. The number of likely N-dealkylation sites (tertiary alicyclic amines) is 2. The van der Waals surface area contributed by atoms with Gasteiger partial charge in [0.25, 0.3) is 0 Å². The summed E-state index contributed by atoms with van der Waals surface area (Å²) in [4.78, 5) is 5.41. The second-order valence-electron chi connectivity index (χ2n) is 5.69. The normalized spacial score (nSPS) is 29.6. The molecule has 3 heteroatoms. The monoisotopic (exact) mass is 239 g/mol. The maximum Gasteiger partial charge on any atom is 0.0235 e. The van der Waals surface area contributed by atoms with Crippen molar-refractivity contribution in [2.24, 2.45) is 0 Å². The summed E-state index contributed by atoms with van der Waals surface area (Å²) in [7, 11) is 0. The molecule has 2 unspecified atom stereocenters. The number of hydrogen-bond donors (Lipinski definition) is 1. The van der Waals surface area contributed by atoms with E-state index in [1.165, 1.54) is 51.9 Å². The summed E-state index contributed by atoms with van der Waals surface area (Å²) in [5.74, 6) is 0. The van der Waals surface area contributed by atoms with Gasteiger partial charge in [0.15, 0.2) is 0 Å². The van der Waals surface area contributed by atoms with Crippen LogP contribution >= 0.6 is 0 Å². The van der Waals surface area contributed by atoms with Gasteiger partial charge in [0.2, 0.25) is 0 Å². The van der Waals surface area contributed by atoms with Gasteiger partial charge in [0.1, 0.15) is 0 Å². The summed E-state index contributed by atoms with van der Waals surface area (Å²) in [5.41, 5.74) is 0. The molecular formula is C14H29N3. The van der Waals surface area contributed by atoms with E-state index in [1.807, 2.05) is 0 Å². The van der Waals surface area contributed by atoms with E-state index < -0.39 is 0 Å². The van der Waals surface area contributed by atoms with Gasteiger partial charge in [0.05, 0.1) is 0 Å². The second-order valence-corrected chi connectivity index (χ2v) is 5.69. The van der Waals surface area contributed by atoms with Gasteiger partial charge in [-0.15, -0.1) is 0 Å². The minimum Gasteiger partial charge on any atom is -0.315 e. The van der Waals surface area contributed by atoms with Gasteiger partial charge in [-0.25, -0.2) is 0 Å². The fourth-order valence-electron chi connectivity index (χ4n) is 3.23. The lowest BCUT2D eigenvalue weighted by atomic mass is 10.1. The van der Waals surface area contributed by atoms with E-state index in [4.69, 9.17) is 0 Å². The van der Waals surface area contributed by atoms with Gasteiger partial charge in [-0.2, -0.15) is 0 Å². The molecule has 2 aliphatic heterocycles. The van der Waals surface area contributed by atoms with Crippen molar-refractivity contribution in [1.29, 1.82) is 0 Å². The molecular weight excluding hydrogens is 210 g/mol. The van der Waals surface area contributed by atoms with Crippen molar-refractivity contribution in [3.63, 3.8) is 0 Å². The molecule has 1 N–H and O–H groups in total. The van der Waals surface area contributed by atoms with Crippen molar-refractivity contribution in [3.05, 3.63) is 0 Å². The van der Waals surface area contributed by atoms with Crippen LogP contribution < -0.4 is 5.32 Å². The first-order valence-electron chi connectivity index (χ1n) is 7.50. The molecule has 2 rings (SSSR count). The van der Waals surface area contributed by atoms with Gasteiger partial charge in [-0.3, -0.25) is 9.80 Å². The maximum absolute atomic E-state index is 3.46. The zero-order valence-corrected chi connectivity index (χ0v) is 11.6. The van der Waals surface area contributed by atoms with Crippen LogP contribution in [0, 0.1) is 0 Å². The molecule has 100 valence electrons. The van der Waals surface area contributed by atoms with E-state index in [0.717, 1.165) is 19.1 Å². The highest BCUT2D eigenvalue weighted by atomic mass is 15.3. The lowest BCUT2D eigenvalue weighted by molar-refractivity contribution is 0.154. The average Bonchev–Trinajstić information content (AvgIpc) is 2.86. The molecule has 2 fully saturated rings. The Morgan fingerprint density at radius 2 is 1.94 bits per heavy atom. The first-order chi connectivity index (χ1) is 8.31. The molecule has 2 aliphatic rings. The van der Waals surface area contributed by atoms with Gasteiger partial charge < -0.3 is 5.32 Å². The highest BCUT2D eigenvalue weighted by Gasteiger charge is 2.30. The third-order valence-electron chi connectivity index (χ3n) is 4.41. The standard InChI is InChI=1S/C14H29N3/c1-3-15-11-13(2)17-10-7-14(12-17)16-8-5-4-6-9-16/h13-15H,3-12H2,1-2H3. The predicted octanol–water partition coefficient (Wildman–Crippen LogP) is 1.54. The minimum atomic E-state index is 0.699. The van der Waals surface area contributed by atoms with Crippen LogP contribution in [0.3, 0.4) is 0 Å². The van der Waals surface area contributed by atoms with Crippen molar-refractivity contribution in [2.75, 3.05) is 39.3 Å². The Labute approximate surface area is 107 Å². The summed E-state index contributed by atoms with van der Waals surface area (Å²) < 4.78 is 0. The van der Waals surface area contributed by atoms with E-state index in [2.05, 4.69) is 29.0 Å². The number of nitrogens with one attached hydrogen (secondary N) is 1. The van der Waals surface area contributed by atoms with Crippen molar-refractivity contribution >= 4 is 0 Å². The summed E-state index contributed by atoms with van der Waals surface area (Å²) in [6.07, 6.45) is 5.67. The largest absolute Gasteiger partial charge is 0.315 e. The third-order valence-corrected chi connectivity index (χ3v) is 4.41. The van der Waals surface area contributed by atoms with E-state index in [9.17, 15) is 0 Å². The maximum atomic E-state index is 3.46. The number of nitrogens with zero attached hydrogens (tertiary/aromatic N) is 2. The van der Waals surface area contributed by atoms with Crippen LogP contribution in [0.1, 0.15) is 39.5 Å². The molecule has 0 amide bonds. The Kier molecular flexibility index (Phi) is 5.26. The summed E-state index contributed by atoms with van der Waals surface area (Å²) in [6.45, 7) is 12.1. The predicted molar refractivity (Wildman–Crippen MR) is 73.4 cm³/mol. The minimum absolute atomic E-state index is 0.699. The van der Waals surface area contributed by atoms with Crippen LogP contribution in [0.4, 0.5) is 0 Å². The van der Waals surface area contributed by atoms with Crippen molar-refractivity contribution in [1.82, 2.24) is 15.1 Å². The van der Waals surface area contributed by atoms with Crippen molar-refractivity contribution in [2.45, 2.75) is 51.6 Å². The Morgan fingerprint density at radius 1 is 1.18 bits per heavy atom. The number of likely N-dealkylation sites (N-methyl/N-ethyl adjacent to an activating group) is 1. The lowest BCUT2D eigenvalue weighted by Gasteiger charge is -2.33. The van der Waals surface area contributed by atoms with Crippen LogP contribution in [0.5, 0.6) is 0 Å². The first kappa shape index (κ1) is 13.3. The zero-order valence-electron chi connectivity index (χ0n) is 11.6. The Balaban J connectivity index is 1.74. The van der Waals surface area contributed by atoms with Crippen LogP contribution in [0.25, 0.3) is 0 Å². The number of piperidine rings is 1. The molecule has 0 aromatic heterocycles.